The summed E-state index contributed by atoms with van der Waals surface area (Å²) in [6, 6.07) is 13.8. The van der Waals surface area contributed by atoms with Gasteiger partial charge in [0.1, 0.15) is 11.5 Å². The molecule has 1 aliphatic carbocycles. The quantitative estimate of drug-likeness (QED) is 0.779. The maximum absolute atomic E-state index is 12.1. The van der Waals surface area contributed by atoms with E-state index in [9.17, 15) is 4.79 Å². The van der Waals surface area contributed by atoms with Crippen molar-refractivity contribution >= 4 is 12.0 Å². The zero-order valence-electron chi connectivity index (χ0n) is 13.0. The van der Waals surface area contributed by atoms with E-state index in [4.69, 9.17) is 4.42 Å². The Morgan fingerprint density at radius 1 is 1.27 bits per heavy atom. The second kappa shape index (κ2) is 6.22. The third-order valence-corrected chi connectivity index (χ3v) is 4.14. The van der Waals surface area contributed by atoms with Crippen molar-refractivity contribution in [2.45, 2.75) is 25.8 Å². The summed E-state index contributed by atoms with van der Waals surface area (Å²) in [5.74, 6) is 3.18. The molecule has 1 fully saturated rings. The van der Waals surface area contributed by atoms with Crippen LogP contribution in [0.2, 0.25) is 0 Å². The van der Waals surface area contributed by atoms with Gasteiger partial charge >= 0.3 is 0 Å². The molecule has 114 valence electrons. The van der Waals surface area contributed by atoms with Gasteiger partial charge in [0.25, 0.3) is 0 Å². The largest absolute Gasteiger partial charge is 0.464 e. The molecule has 3 rings (SSSR count). The van der Waals surface area contributed by atoms with Crippen molar-refractivity contribution in [2.24, 2.45) is 5.92 Å². The van der Waals surface area contributed by atoms with Gasteiger partial charge in [-0.1, -0.05) is 37.3 Å². The van der Waals surface area contributed by atoms with Crippen LogP contribution in [0.3, 0.4) is 0 Å². The van der Waals surface area contributed by atoms with Crippen LogP contribution in [0.1, 0.15) is 36.3 Å². The van der Waals surface area contributed by atoms with Crippen LogP contribution in [0.4, 0.5) is 0 Å². The molecule has 0 unspecified atom stereocenters. The first-order valence-corrected chi connectivity index (χ1v) is 7.70. The van der Waals surface area contributed by atoms with Gasteiger partial charge in [-0.25, -0.2) is 0 Å². The van der Waals surface area contributed by atoms with E-state index < -0.39 is 0 Å². The number of hydrogen-bond donors (Lipinski definition) is 0. The summed E-state index contributed by atoms with van der Waals surface area (Å²) in [7, 11) is 1.79. The number of likely N-dealkylation sites (N-methyl/N-ethyl adjacent to an activating group) is 1. The number of hydrogen-bond acceptors (Lipinski definition) is 2. The van der Waals surface area contributed by atoms with Crippen LogP contribution in [-0.4, -0.2) is 17.9 Å². The Morgan fingerprint density at radius 3 is 2.68 bits per heavy atom. The first-order chi connectivity index (χ1) is 10.6. The number of nitrogens with zero attached hydrogens (tertiary/aromatic N) is 1. The monoisotopic (exact) mass is 295 g/mol. The molecule has 1 aromatic carbocycles. The van der Waals surface area contributed by atoms with Crippen molar-refractivity contribution in [2.75, 3.05) is 7.05 Å². The molecular formula is C19H21NO2. The smallest absolute Gasteiger partial charge is 0.246 e. The van der Waals surface area contributed by atoms with E-state index in [-0.39, 0.29) is 5.91 Å². The molecular weight excluding hydrogens is 274 g/mol. The first kappa shape index (κ1) is 14.6. The molecule has 2 atom stereocenters. The molecule has 1 heterocycles. The highest BCUT2D eigenvalue weighted by molar-refractivity contribution is 5.91. The summed E-state index contributed by atoms with van der Waals surface area (Å²) >= 11 is 0. The molecule has 3 heteroatoms. The maximum atomic E-state index is 12.1. The molecule has 0 spiro atoms. The van der Waals surface area contributed by atoms with Crippen molar-refractivity contribution < 1.29 is 9.21 Å². The molecule has 0 aliphatic heterocycles. The SMILES string of the molecule is C[C@@H]1C[C@@H]1c1ccc(CN(C)C(=O)/C=C/c2ccccc2)o1. The van der Waals surface area contributed by atoms with Gasteiger partial charge in [0.05, 0.1) is 6.54 Å². The third-order valence-electron chi connectivity index (χ3n) is 4.14. The normalized spacial score (nSPS) is 20.3. The number of carbonyl (C=O) groups is 1. The molecule has 1 aliphatic rings. The average molecular weight is 295 g/mol. The van der Waals surface area contributed by atoms with Gasteiger partial charge in [0, 0.05) is 19.0 Å². The number of benzene rings is 1. The van der Waals surface area contributed by atoms with Gasteiger partial charge in [0.15, 0.2) is 0 Å². The highest BCUT2D eigenvalue weighted by atomic mass is 16.3. The van der Waals surface area contributed by atoms with Crippen LogP contribution in [0, 0.1) is 5.92 Å². The van der Waals surface area contributed by atoms with E-state index in [1.54, 1.807) is 18.0 Å². The van der Waals surface area contributed by atoms with Crippen LogP contribution in [0.15, 0.2) is 53.0 Å². The van der Waals surface area contributed by atoms with Crippen molar-refractivity contribution in [3.8, 4) is 0 Å². The molecule has 1 aromatic heterocycles. The number of rotatable bonds is 5. The lowest BCUT2D eigenvalue weighted by atomic mass is 10.2. The van der Waals surface area contributed by atoms with Gasteiger partial charge in [-0.3, -0.25) is 4.79 Å². The van der Waals surface area contributed by atoms with Gasteiger partial charge in [-0.05, 0) is 36.1 Å². The first-order valence-electron chi connectivity index (χ1n) is 7.70. The Balaban J connectivity index is 1.57. The molecule has 0 bridgehead atoms. The summed E-state index contributed by atoms with van der Waals surface area (Å²) in [6.45, 7) is 2.73. The molecule has 1 amide bonds. The summed E-state index contributed by atoms with van der Waals surface area (Å²) < 4.78 is 5.84. The Kier molecular flexibility index (Phi) is 4.14. The van der Waals surface area contributed by atoms with Gasteiger partial charge in [0.2, 0.25) is 5.91 Å². The Morgan fingerprint density at radius 2 is 2.00 bits per heavy atom. The topological polar surface area (TPSA) is 33.5 Å². The van der Waals surface area contributed by atoms with Crippen molar-refractivity contribution in [3.63, 3.8) is 0 Å². The van der Waals surface area contributed by atoms with Gasteiger partial charge < -0.3 is 9.32 Å². The second-order valence-corrected chi connectivity index (χ2v) is 6.06. The molecule has 0 N–H and O–H groups in total. The van der Waals surface area contributed by atoms with Crippen molar-refractivity contribution in [1.82, 2.24) is 4.90 Å². The van der Waals surface area contributed by atoms with Crippen LogP contribution in [-0.2, 0) is 11.3 Å². The van der Waals surface area contributed by atoms with Gasteiger partial charge in [-0.15, -0.1) is 0 Å². The fraction of sp³-hybridized carbons (Fsp3) is 0.316. The minimum atomic E-state index is -0.0263. The molecule has 22 heavy (non-hydrogen) atoms. The summed E-state index contributed by atoms with van der Waals surface area (Å²) in [4.78, 5) is 13.8. The number of amides is 1. The minimum absolute atomic E-state index is 0.0263. The second-order valence-electron chi connectivity index (χ2n) is 6.06. The molecule has 3 nitrogen and oxygen atoms in total. The van der Waals surface area contributed by atoms with E-state index in [1.165, 1.54) is 6.42 Å². The van der Waals surface area contributed by atoms with Gasteiger partial charge in [-0.2, -0.15) is 0 Å². The van der Waals surface area contributed by atoms with E-state index in [2.05, 4.69) is 6.92 Å². The number of carbonyl (C=O) groups excluding carboxylic acids is 1. The zero-order chi connectivity index (χ0) is 15.5. The highest BCUT2D eigenvalue weighted by Crippen LogP contribution is 2.47. The Labute approximate surface area is 131 Å². The summed E-state index contributed by atoms with van der Waals surface area (Å²) in [5.41, 5.74) is 1.02. The summed E-state index contributed by atoms with van der Waals surface area (Å²) in [6.07, 6.45) is 4.64. The minimum Gasteiger partial charge on any atom is -0.464 e. The van der Waals surface area contributed by atoms with Crippen LogP contribution < -0.4 is 0 Å². The van der Waals surface area contributed by atoms with Crippen LogP contribution in [0.5, 0.6) is 0 Å². The lowest BCUT2D eigenvalue weighted by molar-refractivity contribution is -0.125. The molecule has 1 saturated carbocycles. The maximum Gasteiger partial charge on any atom is 0.246 e. The van der Waals surface area contributed by atoms with Crippen LogP contribution in [0.25, 0.3) is 6.08 Å². The average Bonchev–Trinajstić information content (AvgIpc) is 3.08. The summed E-state index contributed by atoms with van der Waals surface area (Å²) in [5, 5.41) is 0. The van der Waals surface area contributed by atoms with E-state index in [0.717, 1.165) is 23.0 Å². The zero-order valence-corrected chi connectivity index (χ0v) is 13.0. The Bertz CT molecular complexity index is 672. The molecule has 2 aromatic rings. The third kappa shape index (κ3) is 3.48. The van der Waals surface area contributed by atoms with Crippen molar-refractivity contribution in [3.05, 3.63) is 65.6 Å². The van der Waals surface area contributed by atoms with E-state index in [1.807, 2.05) is 48.5 Å². The predicted molar refractivity (Wildman–Crippen MR) is 87.2 cm³/mol. The lowest BCUT2D eigenvalue weighted by Gasteiger charge is -2.13. The van der Waals surface area contributed by atoms with E-state index >= 15 is 0 Å². The Hall–Kier alpha value is -2.29. The van der Waals surface area contributed by atoms with E-state index in [0.29, 0.717) is 12.5 Å². The fourth-order valence-electron chi connectivity index (χ4n) is 2.57. The van der Waals surface area contributed by atoms with Crippen LogP contribution >= 0.6 is 0 Å². The molecule has 0 radical (unpaired) electrons. The standard InChI is InChI=1S/C19H21NO2/c1-14-12-17(14)18-10-9-16(22-18)13-20(2)19(21)11-8-15-6-4-3-5-7-15/h3-11,14,17H,12-13H2,1-2H3/b11-8+/t14-,17+/m1/s1. The highest BCUT2D eigenvalue weighted by Gasteiger charge is 2.36. The predicted octanol–water partition coefficient (Wildman–Crippen LogP) is 4.07. The molecule has 0 saturated heterocycles. The fourth-order valence-corrected chi connectivity index (χ4v) is 2.57. The lowest BCUT2D eigenvalue weighted by Crippen LogP contribution is -2.23. The number of furan rings is 1. The van der Waals surface area contributed by atoms with Crippen molar-refractivity contribution in [1.29, 1.82) is 0 Å².